The normalized spacial score (nSPS) is 11.2. The van der Waals surface area contributed by atoms with E-state index >= 15 is 0 Å². The summed E-state index contributed by atoms with van der Waals surface area (Å²) in [5, 5.41) is 7.62. The molecule has 0 amide bonds. The SMILES string of the molecule is COC(=O)C=CNc1nn2c(C)cc(C)nc2[n+]1Cc1ccccc1. The zero-order chi connectivity index (χ0) is 17.8. The molecule has 1 N–H and O–H groups in total. The average Bonchev–Trinajstić information content (AvgIpc) is 2.94. The molecule has 2 aromatic heterocycles. The van der Waals surface area contributed by atoms with Crippen molar-refractivity contribution in [3.63, 3.8) is 0 Å². The number of aryl methyl sites for hydroxylation is 2. The Morgan fingerprint density at radius 3 is 2.80 bits per heavy atom. The third kappa shape index (κ3) is 3.65. The molecule has 7 nitrogen and oxygen atoms in total. The summed E-state index contributed by atoms with van der Waals surface area (Å²) in [7, 11) is 1.34. The van der Waals surface area contributed by atoms with E-state index in [0.717, 1.165) is 22.7 Å². The zero-order valence-electron chi connectivity index (χ0n) is 14.4. The molecule has 0 spiro atoms. The van der Waals surface area contributed by atoms with Crippen molar-refractivity contribution in [3.05, 3.63) is 65.6 Å². The Labute approximate surface area is 145 Å². The summed E-state index contributed by atoms with van der Waals surface area (Å²) in [6.07, 6.45) is 2.82. The highest BCUT2D eigenvalue weighted by Crippen LogP contribution is 2.09. The summed E-state index contributed by atoms with van der Waals surface area (Å²) in [5.41, 5.74) is 3.03. The van der Waals surface area contributed by atoms with E-state index in [1.165, 1.54) is 19.4 Å². The minimum atomic E-state index is -0.434. The molecule has 25 heavy (non-hydrogen) atoms. The van der Waals surface area contributed by atoms with Crippen LogP contribution in [0.15, 0.2) is 48.7 Å². The van der Waals surface area contributed by atoms with Crippen LogP contribution in [0.5, 0.6) is 0 Å². The molecule has 0 aliphatic heterocycles. The van der Waals surface area contributed by atoms with Gasteiger partial charge in [-0.3, -0.25) is 5.32 Å². The number of carbonyl (C=O) groups is 1. The van der Waals surface area contributed by atoms with Gasteiger partial charge in [-0.25, -0.2) is 9.36 Å². The fourth-order valence-electron chi connectivity index (χ4n) is 2.57. The molecule has 3 rings (SSSR count). The number of carbonyl (C=O) groups excluding carboxylic acids is 1. The Balaban J connectivity index is 2.04. The van der Waals surface area contributed by atoms with Gasteiger partial charge in [-0.2, -0.15) is 0 Å². The van der Waals surface area contributed by atoms with Crippen LogP contribution in [-0.2, 0) is 16.1 Å². The van der Waals surface area contributed by atoms with Crippen LogP contribution in [0.25, 0.3) is 5.78 Å². The topological polar surface area (TPSA) is 72.4 Å². The number of methoxy groups -OCH3 is 1. The molecule has 0 saturated carbocycles. The van der Waals surface area contributed by atoms with E-state index in [0.29, 0.717) is 12.5 Å². The number of esters is 1. The first-order valence-corrected chi connectivity index (χ1v) is 7.90. The van der Waals surface area contributed by atoms with Crippen molar-refractivity contribution in [1.29, 1.82) is 0 Å². The van der Waals surface area contributed by atoms with Crippen molar-refractivity contribution in [2.45, 2.75) is 20.4 Å². The Bertz CT molecular complexity index is 932. The summed E-state index contributed by atoms with van der Waals surface area (Å²) in [6.45, 7) is 4.54. The fourth-order valence-corrected chi connectivity index (χ4v) is 2.57. The van der Waals surface area contributed by atoms with Gasteiger partial charge in [0.15, 0.2) is 0 Å². The molecular formula is C18H20N5O2+. The number of hydrogen-bond acceptors (Lipinski definition) is 5. The Hall–Kier alpha value is -3.22. The minimum Gasteiger partial charge on any atom is -0.466 e. The van der Waals surface area contributed by atoms with Crippen LogP contribution in [0.3, 0.4) is 0 Å². The maximum Gasteiger partial charge on any atom is 0.359 e. The van der Waals surface area contributed by atoms with Gasteiger partial charge in [0.2, 0.25) is 0 Å². The summed E-state index contributed by atoms with van der Waals surface area (Å²) in [4.78, 5) is 15.9. The van der Waals surface area contributed by atoms with E-state index in [2.05, 4.69) is 20.1 Å². The minimum absolute atomic E-state index is 0.434. The molecule has 0 atom stereocenters. The summed E-state index contributed by atoms with van der Waals surface area (Å²) in [5.74, 6) is 0.886. The zero-order valence-corrected chi connectivity index (χ0v) is 14.4. The van der Waals surface area contributed by atoms with Crippen LogP contribution < -0.4 is 9.88 Å². The van der Waals surface area contributed by atoms with Gasteiger partial charge in [0, 0.05) is 23.4 Å². The first-order valence-electron chi connectivity index (χ1n) is 7.90. The number of benzene rings is 1. The maximum absolute atomic E-state index is 11.3. The highest BCUT2D eigenvalue weighted by Gasteiger charge is 2.21. The number of aromatic nitrogens is 4. The monoisotopic (exact) mass is 338 g/mol. The lowest BCUT2D eigenvalue weighted by Crippen LogP contribution is -2.37. The highest BCUT2D eigenvalue weighted by molar-refractivity contribution is 5.82. The van der Waals surface area contributed by atoms with Gasteiger partial charge < -0.3 is 4.74 Å². The number of anilines is 1. The molecule has 2 heterocycles. The second-order valence-electron chi connectivity index (χ2n) is 5.65. The van der Waals surface area contributed by atoms with Crippen LogP contribution in [0.2, 0.25) is 0 Å². The van der Waals surface area contributed by atoms with Crippen molar-refractivity contribution < 1.29 is 14.1 Å². The van der Waals surface area contributed by atoms with Crippen molar-refractivity contribution in [3.8, 4) is 0 Å². The van der Waals surface area contributed by atoms with Crippen molar-refractivity contribution in [1.82, 2.24) is 14.6 Å². The van der Waals surface area contributed by atoms with Gasteiger partial charge in [0.1, 0.15) is 0 Å². The molecule has 128 valence electrons. The van der Waals surface area contributed by atoms with E-state index < -0.39 is 5.97 Å². The Kier molecular flexibility index (Phi) is 4.74. The van der Waals surface area contributed by atoms with E-state index in [9.17, 15) is 4.79 Å². The van der Waals surface area contributed by atoms with Gasteiger partial charge in [-0.1, -0.05) is 30.3 Å². The predicted octanol–water partition coefficient (Wildman–Crippen LogP) is 1.78. The van der Waals surface area contributed by atoms with Gasteiger partial charge in [-0.05, 0) is 19.4 Å². The van der Waals surface area contributed by atoms with Crippen LogP contribution in [0.1, 0.15) is 17.0 Å². The Morgan fingerprint density at radius 1 is 1.32 bits per heavy atom. The third-order valence-corrected chi connectivity index (χ3v) is 3.73. The summed E-state index contributed by atoms with van der Waals surface area (Å²) < 4.78 is 8.35. The lowest BCUT2D eigenvalue weighted by atomic mass is 10.2. The molecule has 0 unspecified atom stereocenters. The van der Waals surface area contributed by atoms with Crippen molar-refractivity contribution >= 4 is 17.7 Å². The lowest BCUT2D eigenvalue weighted by Gasteiger charge is -2.02. The van der Waals surface area contributed by atoms with Gasteiger partial charge in [-0.15, -0.1) is 9.50 Å². The quantitative estimate of drug-likeness (QED) is 0.436. The molecule has 0 aliphatic carbocycles. The third-order valence-electron chi connectivity index (χ3n) is 3.73. The van der Waals surface area contributed by atoms with E-state index in [1.54, 1.807) is 4.52 Å². The number of hydrogen-bond donors (Lipinski definition) is 1. The fraction of sp³-hybridized carbons (Fsp3) is 0.222. The summed E-state index contributed by atoms with van der Waals surface area (Å²) in [6, 6.07) is 12.0. The second-order valence-corrected chi connectivity index (χ2v) is 5.65. The molecule has 0 aliphatic rings. The van der Waals surface area contributed by atoms with Gasteiger partial charge in [0.25, 0.3) is 0 Å². The molecule has 3 aromatic rings. The maximum atomic E-state index is 11.3. The largest absolute Gasteiger partial charge is 0.466 e. The van der Waals surface area contributed by atoms with Crippen LogP contribution in [-0.4, -0.2) is 27.7 Å². The Morgan fingerprint density at radius 2 is 2.08 bits per heavy atom. The van der Waals surface area contributed by atoms with Crippen LogP contribution in [0.4, 0.5) is 5.95 Å². The highest BCUT2D eigenvalue weighted by atomic mass is 16.5. The van der Waals surface area contributed by atoms with Crippen LogP contribution >= 0.6 is 0 Å². The number of nitrogens with zero attached hydrogens (tertiary/aromatic N) is 4. The van der Waals surface area contributed by atoms with Gasteiger partial charge >= 0.3 is 17.7 Å². The second kappa shape index (κ2) is 7.12. The van der Waals surface area contributed by atoms with E-state index in [4.69, 9.17) is 0 Å². The standard InChI is InChI=1S/C18H19N5O2/c1-13-11-14(2)23-18(20-13)22(12-15-7-5-4-6-8-15)17(21-23)19-10-9-16(24)25-3/h4-11H,12H2,1-3H3/p+1. The number of rotatable bonds is 5. The molecule has 1 aromatic carbocycles. The number of fused-ring (bicyclic) bond motifs is 1. The number of ether oxygens (including phenoxy) is 1. The molecule has 0 fully saturated rings. The lowest BCUT2D eigenvalue weighted by molar-refractivity contribution is -0.651. The van der Waals surface area contributed by atoms with E-state index in [1.807, 2.05) is 54.8 Å². The van der Waals surface area contributed by atoms with Crippen molar-refractivity contribution in [2.24, 2.45) is 0 Å². The van der Waals surface area contributed by atoms with Crippen molar-refractivity contribution in [2.75, 3.05) is 12.4 Å². The first-order chi connectivity index (χ1) is 12.1. The molecule has 0 saturated heterocycles. The molecule has 0 bridgehead atoms. The predicted molar refractivity (Wildman–Crippen MR) is 93.0 cm³/mol. The van der Waals surface area contributed by atoms with Gasteiger partial charge in [0.05, 0.1) is 25.0 Å². The summed E-state index contributed by atoms with van der Waals surface area (Å²) >= 11 is 0. The van der Waals surface area contributed by atoms with E-state index in [-0.39, 0.29) is 0 Å². The molecule has 0 radical (unpaired) electrons. The number of nitrogens with one attached hydrogen (secondary N) is 1. The molecular weight excluding hydrogens is 318 g/mol. The van der Waals surface area contributed by atoms with Crippen LogP contribution in [0, 0.1) is 13.8 Å². The molecule has 7 heteroatoms. The average molecular weight is 338 g/mol. The first kappa shape index (κ1) is 16.6. The smallest absolute Gasteiger partial charge is 0.359 e.